The summed E-state index contributed by atoms with van der Waals surface area (Å²) < 4.78 is 3.94. The molecule has 1 unspecified atom stereocenters. The van der Waals surface area contributed by atoms with E-state index in [1.807, 2.05) is 0 Å². The first-order valence-electron chi connectivity index (χ1n) is 8.38. The lowest BCUT2D eigenvalue weighted by molar-refractivity contribution is 0.0995. The maximum atomic E-state index is 11.2. The van der Waals surface area contributed by atoms with E-state index in [1.165, 1.54) is 0 Å². The van der Waals surface area contributed by atoms with Gasteiger partial charge in [-0.25, -0.2) is 4.68 Å². The van der Waals surface area contributed by atoms with Crippen LogP contribution >= 0.6 is 0 Å². The lowest BCUT2D eigenvalue weighted by Gasteiger charge is -2.20. The molecule has 3 heterocycles. The normalized spacial score (nSPS) is 17.8. The standard InChI is InChI=1S/C15H24N8O/c1-4-13-18-19-15(22(13)7-10(2)3)21-6-5-11(8-21)23-9-12(14(16)24)17-20-23/h9-11H,4-8H2,1-3H3,(H2,16,24). The Bertz CT molecular complexity index is 719. The Morgan fingerprint density at radius 1 is 1.38 bits per heavy atom. The van der Waals surface area contributed by atoms with Gasteiger partial charge in [-0.3, -0.25) is 9.36 Å². The van der Waals surface area contributed by atoms with E-state index in [-0.39, 0.29) is 11.7 Å². The second kappa shape index (κ2) is 6.58. The minimum absolute atomic E-state index is 0.153. The summed E-state index contributed by atoms with van der Waals surface area (Å²) in [6, 6.07) is 0.153. The van der Waals surface area contributed by atoms with Crippen molar-refractivity contribution in [2.24, 2.45) is 11.7 Å². The fourth-order valence-corrected chi connectivity index (χ4v) is 3.08. The summed E-state index contributed by atoms with van der Waals surface area (Å²) >= 11 is 0. The molecular formula is C15H24N8O. The van der Waals surface area contributed by atoms with Gasteiger partial charge in [0.1, 0.15) is 5.82 Å². The van der Waals surface area contributed by atoms with Crippen molar-refractivity contribution in [1.29, 1.82) is 0 Å². The van der Waals surface area contributed by atoms with Crippen molar-refractivity contribution in [3.63, 3.8) is 0 Å². The average molecular weight is 332 g/mol. The molecule has 1 atom stereocenters. The maximum absolute atomic E-state index is 11.2. The Kier molecular flexibility index (Phi) is 4.50. The molecule has 1 saturated heterocycles. The number of aromatic nitrogens is 6. The van der Waals surface area contributed by atoms with Crippen LogP contribution in [-0.2, 0) is 13.0 Å². The number of carbonyl (C=O) groups excluding carboxylic acids is 1. The lowest BCUT2D eigenvalue weighted by atomic mass is 10.2. The van der Waals surface area contributed by atoms with Crippen LogP contribution in [0, 0.1) is 5.92 Å². The summed E-state index contributed by atoms with van der Waals surface area (Å²) in [6.45, 7) is 9.02. The molecule has 9 heteroatoms. The van der Waals surface area contributed by atoms with Crippen LogP contribution in [0.25, 0.3) is 0 Å². The smallest absolute Gasteiger partial charge is 0.270 e. The van der Waals surface area contributed by atoms with Crippen LogP contribution in [-0.4, -0.2) is 48.8 Å². The number of aryl methyl sites for hydroxylation is 1. The molecule has 0 radical (unpaired) electrons. The first-order chi connectivity index (χ1) is 11.5. The van der Waals surface area contributed by atoms with Gasteiger partial charge in [-0.1, -0.05) is 26.0 Å². The van der Waals surface area contributed by atoms with Gasteiger partial charge in [-0.2, -0.15) is 0 Å². The molecule has 24 heavy (non-hydrogen) atoms. The van der Waals surface area contributed by atoms with Crippen molar-refractivity contribution >= 4 is 11.9 Å². The van der Waals surface area contributed by atoms with Crippen molar-refractivity contribution in [2.75, 3.05) is 18.0 Å². The molecule has 1 amide bonds. The van der Waals surface area contributed by atoms with Gasteiger partial charge in [0.2, 0.25) is 5.95 Å². The van der Waals surface area contributed by atoms with Crippen molar-refractivity contribution < 1.29 is 4.79 Å². The van der Waals surface area contributed by atoms with E-state index < -0.39 is 5.91 Å². The zero-order valence-electron chi connectivity index (χ0n) is 14.4. The van der Waals surface area contributed by atoms with Crippen LogP contribution in [0.1, 0.15) is 49.5 Å². The molecular weight excluding hydrogens is 308 g/mol. The first kappa shape index (κ1) is 16.4. The predicted octanol–water partition coefficient (Wildman–Crippen LogP) is 0.638. The third-order valence-electron chi connectivity index (χ3n) is 4.25. The average Bonchev–Trinajstić information content (AvgIpc) is 3.25. The highest BCUT2D eigenvalue weighted by Crippen LogP contribution is 2.26. The SMILES string of the molecule is CCc1nnc(N2CCC(n3cc(C(N)=O)nn3)C2)n1CC(C)C. The van der Waals surface area contributed by atoms with Crippen molar-refractivity contribution in [3.8, 4) is 0 Å². The van der Waals surface area contributed by atoms with E-state index in [0.717, 1.165) is 44.2 Å². The Balaban J connectivity index is 1.77. The lowest BCUT2D eigenvalue weighted by Crippen LogP contribution is -2.25. The summed E-state index contributed by atoms with van der Waals surface area (Å²) in [5.74, 6) is 1.90. The molecule has 3 rings (SSSR count). The van der Waals surface area contributed by atoms with Crippen LogP contribution in [0.5, 0.6) is 0 Å². The second-order valence-corrected chi connectivity index (χ2v) is 6.61. The van der Waals surface area contributed by atoms with Crippen molar-refractivity contribution in [2.45, 2.75) is 46.2 Å². The third kappa shape index (κ3) is 3.10. The highest BCUT2D eigenvalue weighted by atomic mass is 16.1. The van der Waals surface area contributed by atoms with E-state index in [1.54, 1.807) is 10.9 Å². The number of hydrogen-bond acceptors (Lipinski definition) is 6. The summed E-state index contributed by atoms with van der Waals surface area (Å²) in [7, 11) is 0. The monoisotopic (exact) mass is 332 g/mol. The number of hydrogen-bond donors (Lipinski definition) is 1. The van der Waals surface area contributed by atoms with E-state index >= 15 is 0 Å². The molecule has 2 N–H and O–H groups in total. The van der Waals surface area contributed by atoms with Gasteiger partial charge < -0.3 is 10.6 Å². The Morgan fingerprint density at radius 2 is 2.17 bits per heavy atom. The molecule has 1 aliphatic heterocycles. The van der Waals surface area contributed by atoms with Crippen LogP contribution in [0.15, 0.2) is 6.20 Å². The number of nitrogens with zero attached hydrogens (tertiary/aromatic N) is 7. The Morgan fingerprint density at radius 3 is 2.79 bits per heavy atom. The number of rotatable bonds is 6. The minimum atomic E-state index is -0.555. The van der Waals surface area contributed by atoms with Crippen molar-refractivity contribution in [3.05, 3.63) is 17.7 Å². The van der Waals surface area contributed by atoms with Gasteiger partial charge in [0.05, 0.1) is 12.2 Å². The Labute approximate surface area is 140 Å². The molecule has 130 valence electrons. The van der Waals surface area contributed by atoms with Gasteiger partial charge >= 0.3 is 0 Å². The van der Waals surface area contributed by atoms with Gasteiger partial charge in [0.25, 0.3) is 5.91 Å². The van der Waals surface area contributed by atoms with Gasteiger partial charge in [0, 0.05) is 26.1 Å². The fourth-order valence-electron chi connectivity index (χ4n) is 3.08. The summed E-state index contributed by atoms with van der Waals surface area (Å²) in [4.78, 5) is 13.4. The van der Waals surface area contributed by atoms with Crippen molar-refractivity contribution in [1.82, 2.24) is 29.8 Å². The van der Waals surface area contributed by atoms with E-state index in [4.69, 9.17) is 5.73 Å². The zero-order chi connectivity index (χ0) is 17.3. The Hall–Kier alpha value is -2.45. The highest BCUT2D eigenvalue weighted by Gasteiger charge is 2.29. The van der Waals surface area contributed by atoms with Gasteiger partial charge in [-0.15, -0.1) is 15.3 Å². The number of anilines is 1. The minimum Gasteiger partial charge on any atom is -0.364 e. The molecule has 0 aliphatic carbocycles. The summed E-state index contributed by atoms with van der Waals surface area (Å²) in [6.07, 6.45) is 3.40. The molecule has 0 saturated carbocycles. The number of primary amides is 1. The van der Waals surface area contributed by atoms with Crippen LogP contribution < -0.4 is 10.6 Å². The predicted molar refractivity (Wildman–Crippen MR) is 88.6 cm³/mol. The first-order valence-corrected chi connectivity index (χ1v) is 8.38. The van der Waals surface area contributed by atoms with E-state index in [0.29, 0.717) is 5.92 Å². The number of nitrogens with two attached hydrogens (primary N) is 1. The highest BCUT2D eigenvalue weighted by molar-refractivity contribution is 5.90. The molecule has 1 fully saturated rings. The summed E-state index contributed by atoms with van der Waals surface area (Å²) in [5.41, 5.74) is 5.44. The maximum Gasteiger partial charge on any atom is 0.270 e. The van der Waals surface area contributed by atoms with Crippen LogP contribution in [0.2, 0.25) is 0 Å². The number of amides is 1. The van der Waals surface area contributed by atoms with E-state index in [2.05, 4.69) is 50.7 Å². The molecule has 0 spiro atoms. The molecule has 1 aliphatic rings. The number of carbonyl (C=O) groups is 1. The van der Waals surface area contributed by atoms with Crippen LogP contribution in [0.3, 0.4) is 0 Å². The zero-order valence-corrected chi connectivity index (χ0v) is 14.4. The van der Waals surface area contributed by atoms with E-state index in [9.17, 15) is 4.79 Å². The second-order valence-electron chi connectivity index (χ2n) is 6.61. The van der Waals surface area contributed by atoms with Crippen LogP contribution in [0.4, 0.5) is 5.95 Å². The van der Waals surface area contributed by atoms with Gasteiger partial charge in [0.15, 0.2) is 5.69 Å². The largest absolute Gasteiger partial charge is 0.364 e. The summed E-state index contributed by atoms with van der Waals surface area (Å²) in [5, 5.41) is 16.6. The topological polar surface area (TPSA) is 108 Å². The fraction of sp³-hybridized carbons (Fsp3) is 0.667. The third-order valence-corrected chi connectivity index (χ3v) is 4.25. The quantitative estimate of drug-likeness (QED) is 0.831. The molecule has 9 nitrogen and oxygen atoms in total. The molecule has 0 aromatic carbocycles. The molecule has 2 aromatic heterocycles. The van der Waals surface area contributed by atoms with Gasteiger partial charge in [-0.05, 0) is 12.3 Å². The molecule has 0 bridgehead atoms. The molecule has 2 aromatic rings.